The van der Waals surface area contributed by atoms with E-state index in [1.165, 1.54) is 4.90 Å². The number of piperidine rings is 1. The van der Waals surface area contributed by atoms with Crippen LogP contribution < -0.4 is 0 Å². The summed E-state index contributed by atoms with van der Waals surface area (Å²) >= 11 is 0. The SMILES string of the molecule is COCCCC(=O)c1ccc2nn(CC3CCN(C(=O)c4ccc(C(F)(F)F)cc4F)CC3)cc2c1C. The molecule has 0 aliphatic carbocycles. The standard InChI is InChI=1S/C27H29F4N3O3/c1-17-20(25(35)4-3-13-37-2)7-8-24-22(17)16-34(32-24)15-18-9-11-33(12-10-18)26(36)21-6-5-19(14-23(21)28)27(29,30)31/h5-8,14,16,18H,3-4,9-13,15H2,1-2H3. The molecule has 1 aromatic heterocycles. The number of likely N-dealkylation sites (tertiary alicyclic amines) is 1. The number of aryl methyl sites for hydroxylation is 1. The summed E-state index contributed by atoms with van der Waals surface area (Å²) in [6.07, 6.45) is -0.330. The molecule has 3 aromatic rings. The summed E-state index contributed by atoms with van der Waals surface area (Å²) in [4.78, 5) is 26.8. The number of Topliss-reactive ketones (excluding diaryl/α,β-unsaturated/α-hetero) is 1. The Kier molecular flexibility index (Phi) is 7.96. The maximum atomic E-state index is 14.3. The Morgan fingerprint density at radius 1 is 1.11 bits per heavy atom. The van der Waals surface area contributed by atoms with Crippen molar-refractivity contribution in [3.8, 4) is 0 Å². The van der Waals surface area contributed by atoms with Gasteiger partial charge < -0.3 is 9.64 Å². The molecule has 1 amide bonds. The summed E-state index contributed by atoms with van der Waals surface area (Å²) in [6, 6.07) is 5.66. The average molecular weight is 520 g/mol. The van der Waals surface area contributed by atoms with Crippen molar-refractivity contribution in [2.75, 3.05) is 26.8 Å². The summed E-state index contributed by atoms with van der Waals surface area (Å²) in [6.45, 7) is 3.84. The first-order chi connectivity index (χ1) is 17.6. The Balaban J connectivity index is 1.38. The van der Waals surface area contributed by atoms with E-state index < -0.39 is 23.5 Å². The molecule has 0 spiro atoms. The van der Waals surface area contributed by atoms with Gasteiger partial charge >= 0.3 is 6.18 Å². The highest BCUT2D eigenvalue weighted by Gasteiger charge is 2.33. The zero-order valence-corrected chi connectivity index (χ0v) is 20.8. The molecule has 0 radical (unpaired) electrons. The lowest BCUT2D eigenvalue weighted by Crippen LogP contribution is -2.39. The molecule has 1 saturated heterocycles. The number of hydrogen-bond acceptors (Lipinski definition) is 4. The van der Waals surface area contributed by atoms with Crippen LogP contribution in [-0.2, 0) is 17.5 Å². The smallest absolute Gasteiger partial charge is 0.385 e. The van der Waals surface area contributed by atoms with Crippen molar-refractivity contribution >= 4 is 22.6 Å². The zero-order valence-electron chi connectivity index (χ0n) is 20.8. The molecule has 1 aliphatic heterocycles. The fraction of sp³-hybridized carbons (Fsp3) is 0.444. The van der Waals surface area contributed by atoms with E-state index in [2.05, 4.69) is 5.10 Å². The van der Waals surface area contributed by atoms with Crippen molar-refractivity contribution in [2.45, 2.75) is 45.3 Å². The van der Waals surface area contributed by atoms with Crippen molar-refractivity contribution in [1.29, 1.82) is 0 Å². The van der Waals surface area contributed by atoms with Crippen molar-refractivity contribution < 1.29 is 31.9 Å². The van der Waals surface area contributed by atoms with E-state index in [1.807, 2.05) is 29.9 Å². The third-order valence-corrected chi connectivity index (χ3v) is 6.93. The number of ketones is 1. The molecule has 0 N–H and O–H groups in total. The van der Waals surface area contributed by atoms with Gasteiger partial charge in [0.15, 0.2) is 5.78 Å². The number of amides is 1. The first kappa shape index (κ1) is 26.8. The largest absolute Gasteiger partial charge is 0.416 e. The number of ether oxygens (including phenoxy) is 1. The van der Waals surface area contributed by atoms with Crippen LogP contribution in [0.3, 0.4) is 0 Å². The highest BCUT2D eigenvalue weighted by molar-refractivity contribution is 6.01. The monoisotopic (exact) mass is 519 g/mol. The van der Waals surface area contributed by atoms with Crippen LogP contribution in [-0.4, -0.2) is 53.2 Å². The second-order valence-electron chi connectivity index (χ2n) is 9.47. The molecular weight excluding hydrogens is 490 g/mol. The van der Waals surface area contributed by atoms with E-state index in [0.29, 0.717) is 63.6 Å². The molecule has 0 atom stereocenters. The summed E-state index contributed by atoms with van der Waals surface area (Å²) < 4.78 is 59.5. The number of fused-ring (bicyclic) bond motifs is 1. The van der Waals surface area contributed by atoms with E-state index in [9.17, 15) is 27.2 Å². The summed E-state index contributed by atoms with van der Waals surface area (Å²) in [7, 11) is 1.61. The minimum absolute atomic E-state index is 0.0747. The molecule has 0 saturated carbocycles. The fourth-order valence-electron chi connectivity index (χ4n) is 4.81. The highest BCUT2D eigenvalue weighted by atomic mass is 19.4. The number of halogens is 4. The predicted molar refractivity (Wildman–Crippen MR) is 130 cm³/mol. The number of aromatic nitrogens is 2. The van der Waals surface area contributed by atoms with Crippen LogP contribution in [0, 0.1) is 18.7 Å². The third-order valence-electron chi connectivity index (χ3n) is 6.93. The summed E-state index contributed by atoms with van der Waals surface area (Å²) in [5.74, 6) is -1.47. The van der Waals surface area contributed by atoms with Gasteiger partial charge in [-0.2, -0.15) is 18.3 Å². The Bertz CT molecular complexity index is 1290. The van der Waals surface area contributed by atoms with Gasteiger partial charge in [-0.15, -0.1) is 0 Å². The van der Waals surface area contributed by atoms with Gasteiger partial charge in [0, 0.05) is 56.9 Å². The minimum atomic E-state index is -4.67. The minimum Gasteiger partial charge on any atom is -0.385 e. The number of methoxy groups -OCH3 is 1. The second-order valence-corrected chi connectivity index (χ2v) is 9.47. The summed E-state index contributed by atoms with van der Waals surface area (Å²) in [5, 5.41) is 5.57. The average Bonchev–Trinajstić information content (AvgIpc) is 3.27. The number of hydrogen-bond donors (Lipinski definition) is 0. The van der Waals surface area contributed by atoms with E-state index in [4.69, 9.17) is 4.74 Å². The molecule has 37 heavy (non-hydrogen) atoms. The van der Waals surface area contributed by atoms with Crippen LogP contribution in [0.5, 0.6) is 0 Å². The predicted octanol–water partition coefficient (Wildman–Crippen LogP) is 5.66. The van der Waals surface area contributed by atoms with E-state index >= 15 is 0 Å². The molecule has 1 fully saturated rings. The first-order valence-corrected chi connectivity index (χ1v) is 12.2. The van der Waals surface area contributed by atoms with Gasteiger partial charge in [-0.1, -0.05) is 0 Å². The molecule has 1 aliphatic rings. The van der Waals surface area contributed by atoms with E-state index in [-0.39, 0.29) is 17.3 Å². The van der Waals surface area contributed by atoms with Gasteiger partial charge in [0.1, 0.15) is 5.82 Å². The molecule has 2 aromatic carbocycles. The van der Waals surface area contributed by atoms with Crippen molar-refractivity contribution in [3.63, 3.8) is 0 Å². The molecule has 6 nitrogen and oxygen atoms in total. The number of carbonyl (C=O) groups excluding carboxylic acids is 2. The van der Waals surface area contributed by atoms with E-state index in [0.717, 1.165) is 28.6 Å². The zero-order chi connectivity index (χ0) is 26.7. The number of alkyl halides is 3. The van der Waals surface area contributed by atoms with Gasteiger partial charge in [0.25, 0.3) is 5.91 Å². The lowest BCUT2D eigenvalue weighted by molar-refractivity contribution is -0.137. The Morgan fingerprint density at radius 2 is 1.81 bits per heavy atom. The molecule has 0 unspecified atom stereocenters. The number of rotatable bonds is 8. The van der Waals surface area contributed by atoms with Crippen molar-refractivity contribution in [2.24, 2.45) is 5.92 Å². The van der Waals surface area contributed by atoms with Crippen LogP contribution in [0.4, 0.5) is 17.6 Å². The maximum Gasteiger partial charge on any atom is 0.416 e. The number of nitrogens with zero attached hydrogens (tertiary/aromatic N) is 3. The van der Waals surface area contributed by atoms with Gasteiger partial charge in [-0.3, -0.25) is 14.3 Å². The van der Waals surface area contributed by atoms with Gasteiger partial charge in [-0.25, -0.2) is 4.39 Å². The molecule has 0 bridgehead atoms. The van der Waals surface area contributed by atoms with Crippen molar-refractivity contribution in [3.05, 3.63) is 64.6 Å². The lowest BCUT2D eigenvalue weighted by atomic mass is 9.96. The Morgan fingerprint density at radius 3 is 2.46 bits per heavy atom. The first-order valence-electron chi connectivity index (χ1n) is 12.2. The molecule has 2 heterocycles. The van der Waals surface area contributed by atoms with Crippen LogP contribution in [0.1, 0.15) is 57.5 Å². The molecule has 198 valence electrons. The lowest BCUT2D eigenvalue weighted by Gasteiger charge is -2.32. The number of carbonyl (C=O) groups is 2. The molecular formula is C27H29F4N3O3. The molecule has 4 rings (SSSR count). The Hall–Kier alpha value is -3.27. The normalized spacial score (nSPS) is 14.9. The van der Waals surface area contributed by atoms with Gasteiger partial charge in [-0.05, 0) is 68.0 Å². The maximum absolute atomic E-state index is 14.3. The van der Waals surface area contributed by atoms with Crippen LogP contribution in [0.25, 0.3) is 10.9 Å². The van der Waals surface area contributed by atoms with E-state index in [1.54, 1.807) is 7.11 Å². The topological polar surface area (TPSA) is 64.4 Å². The fourth-order valence-corrected chi connectivity index (χ4v) is 4.81. The van der Waals surface area contributed by atoms with Crippen LogP contribution in [0.15, 0.2) is 36.5 Å². The third kappa shape index (κ3) is 6.01. The Labute approximate surface area is 212 Å². The van der Waals surface area contributed by atoms with Crippen LogP contribution in [0.2, 0.25) is 0 Å². The summed E-state index contributed by atoms with van der Waals surface area (Å²) in [5.41, 5.74) is 0.907. The quantitative estimate of drug-likeness (QED) is 0.219. The van der Waals surface area contributed by atoms with Gasteiger partial charge in [0.2, 0.25) is 0 Å². The van der Waals surface area contributed by atoms with Crippen LogP contribution >= 0.6 is 0 Å². The number of benzene rings is 2. The highest BCUT2D eigenvalue weighted by Crippen LogP contribution is 2.31. The van der Waals surface area contributed by atoms with Crippen molar-refractivity contribution in [1.82, 2.24) is 14.7 Å². The molecule has 10 heteroatoms. The van der Waals surface area contributed by atoms with Gasteiger partial charge in [0.05, 0.1) is 16.6 Å². The second kappa shape index (κ2) is 11.0.